The van der Waals surface area contributed by atoms with Crippen LogP contribution in [0.3, 0.4) is 0 Å². The molecule has 1 aliphatic rings. The van der Waals surface area contributed by atoms with Gasteiger partial charge >= 0.3 is 11.8 Å². The van der Waals surface area contributed by atoms with E-state index in [9.17, 15) is 4.79 Å². The third-order valence-electron chi connectivity index (χ3n) is 4.94. The van der Waals surface area contributed by atoms with Crippen molar-refractivity contribution >= 4 is 17.5 Å². The summed E-state index contributed by atoms with van der Waals surface area (Å²) >= 11 is 5.89. The molecule has 0 unspecified atom stereocenters. The number of aromatic nitrogens is 2. The van der Waals surface area contributed by atoms with Gasteiger partial charge in [-0.15, -0.1) is 10.2 Å². The Morgan fingerprint density at radius 1 is 1.20 bits per heavy atom. The van der Waals surface area contributed by atoms with E-state index in [1.165, 1.54) is 11.1 Å². The number of benzene rings is 2. The molecule has 4 rings (SSSR count). The van der Waals surface area contributed by atoms with Gasteiger partial charge in [0.05, 0.1) is 13.1 Å². The summed E-state index contributed by atoms with van der Waals surface area (Å²) in [6, 6.07) is 13.1. The largest absolute Gasteiger partial charge is 0.487 e. The van der Waals surface area contributed by atoms with E-state index in [4.69, 9.17) is 20.8 Å². The average molecular weight is 427 g/mol. The molecule has 3 aromatic rings. The first-order chi connectivity index (χ1) is 14.4. The molecule has 2 aromatic carbocycles. The first-order valence-electron chi connectivity index (χ1n) is 9.68. The summed E-state index contributed by atoms with van der Waals surface area (Å²) < 4.78 is 11.5. The maximum Gasteiger partial charge on any atom is 0.311 e. The number of carbonyl (C=O) groups is 1. The van der Waals surface area contributed by atoms with Crippen LogP contribution in [0.5, 0.6) is 5.75 Å². The van der Waals surface area contributed by atoms with Crippen molar-refractivity contribution in [1.29, 1.82) is 0 Å². The highest BCUT2D eigenvalue weighted by Gasteiger charge is 2.35. The molecule has 8 heteroatoms. The zero-order chi connectivity index (χ0) is 21.3. The predicted octanol–water partition coefficient (Wildman–Crippen LogP) is 3.66. The van der Waals surface area contributed by atoms with Crippen LogP contribution in [0, 0.1) is 6.92 Å². The smallest absolute Gasteiger partial charge is 0.311 e. The number of hydrogen-bond acceptors (Lipinski definition) is 6. The topological polar surface area (TPSA) is 71.7 Å². The number of ether oxygens (including phenoxy) is 1. The Bertz CT molecular complexity index is 1040. The fourth-order valence-corrected chi connectivity index (χ4v) is 3.41. The van der Waals surface area contributed by atoms with E-state index in [2.05, 4.69) is 28.1 Å². The first-order valence-corrected chi connectivity index (χ1v) is 10.1. The Morgan fingerprint density at radius 2 is 1.93 bits per heavy atom. The van der Waals surface area contributed by atoms with Crippen molar-refractivity contribution < 1.29 is 13.9 Å². The molecule has 0 radical (unpaired) electrons. The van der Waals surface area contributed by atoms with Crippen molar-refractivity contribution in [1.82, 2.24) is 20.0 Å². The van der Waals surface area contributed by atoms with Crippen LogP contribution >= 0.6 is 11.6 Å². The molecule has 0 spiro atoms. The van der Waals surface area contributed by atoms with E-state index in [0.29, 0.717) is 23.7 Å². The predicted molar refractivity (Wildman–Crippen MR) is 114 cm³/mol. The van der Waals surface area contributed by atoms with Gasteiger partial charge in [-0.3, -0.25) is 4.79 Å². The fourth-order valence-electron chi connectivity index (χ4n) is 3.28. The van der Waals surface area contributed by atoms with Crippen LogP contribution < -0.4 is 4.74 Å². The molecule has 0 aliphatic carbocycles. The highest BCUT2D eigenvalue weighted by atomic mass is 35.5. The molecule has 1 aliphatic heterocycles. The third-order valence-corrected chi connectivity index (χ3v) is 5.19. The number of likely N-dealkylation sites (tertiary alicyclic amines) is 1. The molecule has 1 saturated heterocycles. The minimum Gasteiger partial charge on any atom is -0.487 e. The Hall–Kier alpha value is -2.90. The standard InChI is InChI=1S/C22H23ClN4O3/c1-14-10-18(9-6-16(14)11-26(2)3)29-19-12-27(13-19)22(28)21-25-24-20(30-21)15-4-7-17(23)8-5-15/h4-10,19H,11-13H2,1-3H3. The van der Waals surface area contributed by atoms with E-state index in [1.54, 1.807) is 29.2 Å². The monoisotopic (exact) mass is 426 g/mol. The third kappa shape index (κ3) is 4.47. The first kappa shape index (κ1) is 20.4. The van der Waals surface area contributed by atoms with Gasteiger partial charge in [0.25, 0.3) is 0 Å². The molecular formula is C22H23ClN4O3. The van der Waals surface area contributed by atoms with Gasteiger partial charge in [-0.1, -0.05) is 17.7 Å². The Labute approximate surface area is 180 Å². The van der Waals surface area contributed by atoms with Crippen molar-refractivity contribution in [3.05, 3.63) is 64.5 Å². The van der Waals surface area contributed by atoms with Gasteiger partial charge in [0.15, 0.2) is 0 Å². The van der Waals surface area contributed by atoms with Crippen LogP contribution in [-0.4, -0.2) is 59.2 Å². The number of rotatable bonds is 6. The van der Waals surface area contributed by atoms with E-state index in [0.717, 1.165) is 12.3 Å². The van der Waals surface area contributed by atoms with Crippen LogP contribution in [0.25, 0.3) is 11.5 Å². The van der Waals surface area contributed by atoms with Crippen molar-refractivity contribution in [3.8, 4) is 17.2 Å². The molecule has 1 fully saturated rings. The van der Waals surface area contributed by atoms with E-state index >= 15 is 0 Å². The van der Waals surface area contributed by atoms with E-state index in [1.807, 2.05) is 26.2 Å². The summed E-state index contributed by atoms with van der Waals surface area (Å²) in [7, 11) is 4.09. The Kier molecular flexibility index (Phi) is 5.74. The van der Waals surface area contributed by atoms with E-state index < -0.39 is 0 Å². The van der Waals surface area contributed by atoms with E-state index in [-0.39, 0.29) is 23.8 Å². The van der Waals surface area contributed by atoms with Crippen LogP contribution in [0.2, 0.25) is 5.02 Å². The molecule has 7 nitrogen and oxygen atoms in total. The molecule has 0 bridgehead atoms. The van der Waals surface area contributed by atoms with Crippen LogP contribution in [0.4, 0.5) is 0 Å². The lowest BCUT2D eigenvalue weighted by molar-refractivity contribution is 0.0149. The minimum absolute atomic E-state index is 0.0257. The van der Waals surface area contributed by atoms with Gasteiger partial charge in [0, 0.05) is 17.1 Å². The lowest BCUT2D eigenvalue weighted by Crippen LogP contribution is -2.56. The summed E-state index contributed by atoms with van der Waals surface area (Å²) in [6.07, 6.45) is -0.0493. The molecule has 30 heavy (non-hydrogen) atoms. The second kappa shape index (κ2) is 8.45. The van der Waals surface area contributed by atoms with Gasteiger partial charge in [-0.2, -0.15) is 0 Å². The number of aryl methyl sites for hydroxylation is 1. The molecule has 0 atom stereocenters. The lowest BCUT2D eigenvalue weighted by atomic mass is 10.1. The SMILES string of the molecule is Cc1cc(OC2CN(C(=O)c3nnc(-c4ccc(Cl)cc4)o3)C2)ccc1CN(C)C. The molecular weight excluding hydrogens is 404 g/mol. The average Bonchev–Trinajstić information content (AvgIpc) is 3.16. The van der Waals surface area contributed by atoms with Crippen molar-refractivity contribution in [3.63, 3.8) is 0 Å². The number of hydrogen-bond donors (Lipinski definition) is 0. The summed E-state index contributed by atoms with van der Waals surface area (Å²) in [4.78, 5) is 16.3. The summed E-state index contributed by atoms with van der Waals surface area (Å²) in [5.74, 6) is 0.786. The normalized spacial score (nSPS) is 14.1. The Balaban J connectivity index is 1.33. The van der Waals surface area contributed by atoms with Gasteiger partial charge in [0.2, 0.25) is 5.89 Å². The molecule has 156 valence electrons. The number of carbonyl (C=O) groups excluding carboxylic acids is 1. The quantitative estimate of drug-likeness (QED) is 0.599. The van der Waals surface area contributed by atoms with Crippen LogP contribution in [0.15, 0.2) is 46.9 Å². The lowest BCUT2D eigenvalue weighted by Gasteiger charge is -2.38. The fraction of sp³-hybridized carbons (Fsp3) is 0.318. The summed E-state index contributed by atoms with van der Waals surface area (Å²) in [5, 5.41) is 8.46. The van der Waals surface area contributed by atoms with Crippen LogP contribution in [-0.2, 0) is 6.54 Å². The van der Waals surface area contributed by atoms with Gasteiger partial charge in [-0.25, -0.2) is 0 Å². The highest BCUT2D eigenvalue weighted by Crippen LogP contribution is 2.24. The minimum atomic E-state index is -0.292. The Morgan fingerprint density at radius 3 is 2.60 bits per heavy atom. The zero-order valence-corrected chi connectivity index (χ0v) is 17.9. The molecule has 2 heterocycles. The summed E-state index contributed by atoms with van der Waals surface area (Å²) in [5.41, 5.74) is 3.17. The van der Waals surface area contributed by atoms with Crippen molar-refractivity contribution in [2.24, 2.45) is 0 Å². The van der Waals surface area contributed by atoms with Gasteiger partial charge in [0.1, 0.15) is 11.9 Å². The van der Waals surface area contributed by atoms with Gasteiger partial charge < -0.3 is 19.0 Å². The number of halogens is 1. The maximum absolute atomic E-state index is 12.6. The van der Waals surface area contributed by atoms with Crippen molar-refractivity contribution in [2.45, 2.75) is 19.6 Å². The summed E-state index contributed by atoms with van der Waals surface area (Å²) in [6.45, 7) is 3.93. The number of amides is 1. The molecule has 1 aromatic heterocycles. The molecule has 1 amide bonds. The highest BCUT2D eigenvalue weighted by molar-refractivity contribution is 6.30. The second-order valence-corrected chi connectivity index (χ2v) is 8.13. The van der Waals surface area contributed by atoms with Crippen LogP contribution in [0.1, 0.15) is 21.8 Å². The molecule has 0 N–H and O–H groups in total. The zero-order valence-electron chi connectivity index (χ0n) is 17.1. The molecule has 0 saturated carbocycles. The van der Waals surface area contributed by atoms with Crippen molar-refractivity contribution in [2.75, 3.05) is 27.2 Å². The number of nitrogens with zero attached hydrogens (tertiary/aromatic N) is 4. The van der Waals surface area contributed by atoms with Gasteiger partial charge in [-0.05, 0) is 68.5 Å². The second-order valence-electron chi connectivity index (χ2n) is 7.70. The maximum atomic E-state index is 12.6.